The van der Waals surface area contributed by atoms with Crippen molar-refractivity contribution in [1.29, 1.82) is 0 Å². The number of morpholine rings is 1. The number of rotatable bonds is 5. The van der Waals surface area contributed by atoms with Gasteiger partial charge in [-0.25, -0.2) is 15.0 Å². The van der Waals surface area contributed by atoms with Crippen LogP contribution in [0.5, 0.6) is 0 Å². The highest BCUT2D eigenvalue weighted by Crippen LogP contribution is 2.31. The Hall–Kier alpha value is -4.25. The second-order valence-electron chi connectivity index (χ2n) is 7.70. The molecule has 4 aromatic rings. The average Bonchev–Trinajstić information content (AvgIpc) is 3.21. The number of anilines is 4. The molecule has 11 nitrogen and oxygen atoms in total. The summed E-state index contributed by atoms with van der Waals surface area (Å²) in [5.41, 5.74) is 16.0. The van der Waals surface area contributed by atoms with Crippen LogP contribution in [0.4, 0.5) is 23.0 Å². The van der Waals surface area contributed by atoms with Gasteiger partial charge in [-0.05, 0) is 24.3 Å². The number of nitrogens with zero attached hydrogens (tertiary/aromatic N) is 6. The molecule has 1 saturated heterocycles. The van der Waals surface area contributed by atoms with E-state index in [1.165, 1.54) is 0 Å². The first kappa shape index (κ1) is 20.6. The lowest BCUT2D eigenvalue weighted by atomic mass is 10.1. The number of imidazole rings is 1. The third-order valence-corrected chi connectivity index (χ3v) is 5.56. The van der Waals surface area contributed by atoms with E-state index in [2.05, 4.69) is 30.2 Å². The maximum Gasteiger partial charge on any atom is 0.271 e. The minimum absolute atomic E-state index is 0.0237. The smallest absolute Gasteiger partial charge is 0.271 e. The zero-order valence-corrected chi connectivity index (χ0v) is 18.0. The number of ether oxygens (including phenoxy) is 1. The number of carbonyl (C=O) groups is 1. The molecule has 1 aliphatic heterocycles. The monoisotopic (exact) mass is 445 g/mol. The molecular weight excluding hydrogens is 422 g/mol. The molecule has 1 aromatic carbocycles. The molecule has 1 fully saturated rings. The van der Waals surface area contributed by atoms with Crippen LogP contribution in [-0.4, -0.2) is 56.7 Å². The fourth-order valence-electron chi connectivity index (χ4n) is 3.84. The number of amides is 1. The summed E-state index contributed by atoms with van der Waals surface area (Å²) in [5, 5.41) is 3.11. The zero-order chi connectivity index (χ0) is 22.9. The summed E-state index contributed by atoms with van der Waals surface area (Å²) < 4.78 is 7.24. The predicted octanol–water partition coefficient (Wildman–Crippen LogP) is 1.69. The maximum atomic E-state index is 12.2. The molecule has 1 aliphatic rings. The van der Waals surface area contributed by atoms with Crippen LogP contribution in [0.2, 0.25) is 0 Å². The standard InChI is InChI=1S/C22H23N9O2/c1-30-12-26-17-15(10-25-11-16(17)30)18-20(23)29-22(19(28-18)21(24)32)27-13-2-4-14(5-3-13)31-6-8-33-9-7-31/h2-5,10-12H,6-9H2,1H3,(H2,24,32)(H3,23,27,29). The molecule has 1 amide bonds. The number of carbonyl (C=O) groups excluding carboxylic acids is 1. The van der Waals surface area contributed by atoms with E-state index in [-0.39, 0.29) is 17.3 Å². The van der Waals surface area contributed by atoms with Crippen LogP contribution < -0.4 is 21.7 Å². The van der Waals surface area contributed by atoms with Gasteiger partial charge in [0, 0.05) is 37.7 Å². The number of aryl methyl sites for hydroxylation is 1. The van der Waals surface area contributed by atoms with Crippen molar-refractivity contribution in [2.24, 2.45) is 12.8 Å². The van der Waals surface area contributed by atoms with Crippen LogP contribution in [0.3, 0.4) is 0 Å². The molecule has 0 atom stereocenters. The second-order valence-corrected chi connectivity index (χ2v) is 7.70. The molecule has 168 valence electrons. The van der Waals surface area contributed by atoms with Gasteiger partial charge in [0.05, 0.1) is 36.8 Å². The van der Waals surface area contributed by atoms with Gasteiger partial charge in [-0.3, -0.25) is 9.78 Å². The summed E-state index contributed by atoms with van der Waals surface area (Å²) in [7, 11) is 1.86. The Morgan fingerprint density at radius 1 is 1.12 bits per heavy atom. The topological polar surface area (TPSA) is 150 Å². The van der Waals surface area contributed by atoms with E-state index in [0.29, 0.717) is 30.0 Å². The molecule has 0 spiro atoms. The minimum Gasteiger partial charge on any atom is -0.382 e. The normalized spacial score (nSPS) is 13.9. The molecule has 0 saturated carbocycles. The summed E-state index contributed by atoms with van der Waals surface area (Å²) >= 11 is 0. The molecule has 5 N–H and O–H groups in total. The predicted molar refractivity (Wildman–Crippen MR) is 125 cm³/mol. The molecule has 5 rings (SSSR count). The van der Waals surface area contributed by atoms with Crippen molar-refractivity contribution in [3.05, 3.63) is 48.7 Å². The summed E-state index contributed by atoms with van der Waals surface area (Å²) in [6, 6.07) is 7.80. The first-order valence-electron chi connectivity index (χ1n) is 10.4. The SMILES string of the molecule is Cn1cnc2c(-c3nc(C(N)=O)c(Nc4ccc(N5CCOCC5)cc4)nc3N)cncc21. The van der Waals surface area contributed by atoms with Crippen LogP contribution in [0.25, 0.3) is 22.3 Å². The highest BCUT2D eigenvalue weighted by atomic mass is 16.5. The number of fused-ring (bicyclic) bond motifs is 1. The van der Waals surface area contributed by atoms with Gasteiger partial charge >= 0.3 is 0 Å². The van der Waals surface area contributed by atoms with Crippen molar-refractivity contribution in [2.45, 2.75) is 0 Å². The van der Waals surface area contributed by atoms with Gasteiger partial charge in [0.25, 0.3) is 5.91 Å². The summed E-state index contributed by atoms with van der Waals surface area (Å²) in [6.07, 6.45) is 4.96. The molecule has 0 radical (unpaired) electrons. The van der Waals surface area contributed by atoms with E-state index >= 15 is 0 Å². The van der Waals surface area contributed by atoms with E-state index in [1.54, 1.807) is 18.7 Å². The highest BCUT2D eigenvalue weighted by Gasteiger charge is 2.20. The quantitative estimate of drug-likeness (QED) is 0.417. The molecule has 0 bridgehead atoms. The Morgan fingerprint density at radius 3 is 2.61 bits per heavy atom. The van der Waals surface area contributed by atoms with E-state index < -0.39 is 5.91 Å². The molecule has 0 unspecified atom stereocenters. The van der Waals surface area contributed by atoms with Crippen molar-refractivity contribution < 1.29 is 9.53 Å². The van der Waals surface area contributed by atoms with Crippen LogP contribution in [0, 0.1) is 0 Å². The molecular formula is C22H23N9O2. The molecule has 0 aliphatic carbocycles. The lowest BCUT2D eigenvalue weighted by Crippen LogP contribution is -2.36. The Morgan fingerprint density at radius 2 is 1.88 bits per heavy atom. The number of pyridine rings is 1. The van der Waals surface area contributed by atoms with Crippen molar-refractivity contribution in [3.63, 3.8) is 0 Å². The summed E-state index contributed by atoms with van der Waals surface area (Å²) in [5.74, 6) is -0.409. The van der Waals surface area contributed by atoms with E-state index in [1.807, 2.05) is 35.9 Å². The summed E-state index contributed by atoms with van der Waals surface area (Å²) in [4.78, 5) is 32.0. The fourth-order valence-corrected chi connectivity index (χ4v) is 3.84. The average molecular weight is 445 g/mol. The largest absolute Gasteiger partial charge is 0.382 e. The number of hydrogen-bond donors (Lipinski definition) is 3. The Balaban J connectivity index is 1.48. The van der Waals surface area contributed by atoms with Crippen LogP contribution in [-0.2, 0) is 11.8 Å². The van der Waals surface area contributed by atoms with Gasteiger partial charge in [0.15, 0.2) is 17.3 Å². The Bertz CT molecular complexity index is 1330. The number of nitrogens with two attached hydrogens (primary N) is 2. The van der Waals surface area contributed by atoms with Gasteiger partial charge < -0.3 is 31.0 Å². The lowest BCUT2D eigenvalue weighted by Gasteiger charge is -2.28. The molecule has 11 heteroatoms. The van der Waals surface area contributed by atoms with Gasteiger partial charge in [0.1, 0.15) is 11.2 Å². The third kappa shape index (κ3) is 3.89. The highest BCUT2D eigenvalue weighted by molar-refractivity contribution is 5.99. The number of aromatic nitrogens is 5. The Labute approximate surface area is 189 Å². The zero-order valence-electron chi connectivity index (χ0n) is 18.0. The van der Waals surface area contributed by atoms with Crippen LogP contribution in [0.1, 0.15) is 10.5 Å². The lowest BCUT2D eigenvalue weighted by molar-refractivity contribution is 0.0996. The number of benzene rings is 1. The van der Waals surface area contributed by atoms with Crippen molar-refractivity contribution in [2.75, 3.05) is 42.3 Å². The van der Waals surface area contributed by atoms with E-state index in [0.717, 1.165) is 30.0 Å². The number of primary amides is 1. The second kappa shape index (κ2) is 8.36. The summed E-state index contributed by atoms with van der Waals surface area (Å²) in [6.45, 7) is 3.12. The Kier molecular flexibility index (Phi) is 5.23. The molecule has 33 heavy (non-hydrogen) atoms. The third-order valence-electron chi connectivity index (χ3n) is 5.56. The number of nitrogen functional groups attached to an aromatic ring is 1. The molecule has 3 aromatic heterocycles. The maximum absolute atomic E-state index is 12.2. The van der Waals surface area contributed by atoms with E-state index in [4.69, 9.17) is 16.2 Å². The molecule has 4 heterocycles. The minimum atomic E-state index is -0.725. The van der Waals surface area contributed by atoms with E-state index in [9.17, 15) is 4.79 Å². The van der Waals surface area contributed by atoms with Gasteiger partial charge in [-0.2, -0.15) is 0 Å². The van der Waals surface area contributed by atoms with Gasteiger partial charge in [-0.1, -0.05) is 0 Å². The first-order valence-corrected chi connectivity index (χ1v) is 10.4. The van der Waals surface area contributed by atoms with Crippen LogP contribution >= 0.6 is 0 Å². The fraction of sp³-hybridized carbons (Fsp3) is 0.227. The van der Waals surface area contributed by atoms with Gasteiger partial charge in [-0.15, -0.1) is 0 Å². The first-order chi connectivity index (χ1) is 16.0. The van der Waals surface area contributed by atoms with Crippen LogP contribution in [0.15, 0.2) is 43.0 Å². The van der Waals surface area contributed by atoms with Crippen molar-refractivity contribution >= 4 is 40.0 Å². The van der Waals surface area contributed by atoms with Gasteiger partial charge in [0.2, 0.25) is 0 Å². The number of hydrogen-bond acceptors (Lipinski definition) is 9. The number of nitrogens with one attached hydrogen (secondary N) is 1. The van der Waals surface area contributed by atoms with Crippen molar-refractivity contribution in [3.8, 4) is 11.3 Å². The van der Waals surface area contributed by atoms with Crippen molar-refractivity contribution in [1.82, 2.24) is 24.5 Å².